The summed E-state index contributed by atoms with van der Waals surface area (Å²) in [6.07, 6.45) is 4.64. The third-order valence-corrected chi connectivity index (χ3v) is 3.07. The summed E-state index contributed by atoms with van der Waals surface area (Å²) >= 11 is 0. The molecular weight excluding hydrogens is 174 g/mol. The molecule has 3 heteroatoms. The van der Waals surface area contributed by atoms with E-state index in [-0.39, 0.29) is 0 Å². The van der Waals surface area contributed by atoms with E-state index in [9.17, 15) is 0 Å². The smallest absolute Gasteiger partial charge is 0.0521 e. The Morgan fingerprint density at radius 2 is 2.36 bits per heavy atom. The predicted molar refractivity (Wildman–Crippen MR) is 56.9 cm³/mol. The first kappa shape index (κ1) is 9.71. The molecule has 0 amide bonds. The second-order valence-corrected chi connectivity index (χ2v) is 4.55. The number of aromatic nitrogens is 2. The van der Waals surface area contributed by atoms with Crippen molar-refractivity contribution in [2.24, 2.45) is 5.41 Å². The van der Waals surface area contributed by atoms with Crippen LogP contribution in [0.25, 0.3) is 0 Å². The van der Waals surface area contributed by atoms with E-state index >= 15 is 0 Å². The van der Waals surface area contributed by atoms with E-state index in [4.69, 9.17) is 0 Å². The van der Waals surface area contributed by atoms with Crippen molar-refractivity contribution in [1.82, 2.24) is 15.1 Å². The van der Waals surface area contributed by atoms with E-state index < -0.39 is 0 Å². The van der Waals surface area contributed by atoms with Crippen molar-refractivity contribution in [2.75, 3.05) is 6.54 Å². The van der Waals surface area contributed by atoms with Crippen LogP contribution >= 0.6 is 0 Å². The Balaban J connectivity index is 1.79. The minimum atomic E-state index is 0.594. The van der Waals surface area contributed by atoms with Crippen LogP contribution in [0.4, 0.5) is 0 Å². The SMILES string of the molecule is CCn1nccc1CNCC1(C)CC1. The van der Waals surface area contributed by atoms with Crippen LogP contribution in [0.2, 0.25) is 0 Å². The topological polar surface area (TPSA) is 29.9 Å². The molecule has 0 saturated heterocycles. The molecule has 1 aromatic rings. The fourth-order valence-electron chi connectivity index (χ4n) is 1.68. The lowest BCUT2D eigenvalue weighted by Crippen LogP contribution is -2.23. The van der Waals surface area contributed by atoms with Crippen molar-refractivity contribution < 1.29 is 0 Å². The van der Waals surface area contributed by atoms with Crippen LogP contribution in [0, 0.1) is 5.41 Å². The van der Waals surface area contributed by atoms with Gasteiger partial charge >= 0.3 is 0 Å². The highest BCUT2D eigenvalue weighted by Gasteiger charge is 2.36. The standard InChI is InChI=1S/C11H19N3/c1-3-14-10(4-7-13-14)8-12-9-11(2)5-6-11/h4,7,12H,3,5-6,8-9H2,1-2H3. The molecular formula is C11H19N3. The van der Waals surface area contributed by atoms with E-state index in [1.54, 1.807) is 0 Å². The molecule has 14 heavy (non-hydrogen) atoms. The zero-order chi connectivity index (χ0) is 10.0. The molecule has 1 fully saturated rings. The van der Waals surface area contributed by atoms with Crippen molar-refractivity contribution in [2.45, 2.75) is 39.8 Å². The highest BCUT2D eigenvalue weighted by Crippen LogP contribution is 2.44. The lowest BCUT2D eigenvalue weighted by molar-refractivity contribution is 0.485. The van der Waals surface area contributed by atoms with Gasteiger partial charge < -0.3 is 5.32 Å². The molecule has 0 radical (unpaired) electrons. The van der Waals surface area contributed by atoms with Gasteiger partial charge in [-0.05, 0) is 31.2 Å². The number of hydrogen-bond donors (Lipinski definition) is 1. The second-order valence-electron chi connectivity index (χ2n) is 4.55. The van der Waals surface area contributed by atoms with Crippen LogP contribution < -0.4 is 5.32 Å². The zero-order valence-corrected chi connectivity index (χ0v) is 9.08. The molecule has 1 saturated carbocycles. The van der Waals surface area contributed by atoms with Gasteiger partial charge in [0, 0.05) is 25.8 Å². The highest BCUT2D eigenvalue weighted by atomic mass is 15.3. The van der Waals surface area contributed by atoms with Gasteiger partial charge in [0.05, 0.1) is 5.69 Å². The Labute approximate surface area is 85.5 Å². The molecule has 1 aliphatic rings. The Kier molecular flexibility index (Phi) is 2.59. The average molecular weight is 193 g/mol. The lowest BCUT2D eigenvalue weighted by atomic mass is 10.1. The normalized spacial score (nSPS) is 18.4. The van der Waals surface area contributed by atoms with Gasteiger partial charge in [-0.1, -0.05) is 6.92 Å². The summed E-state index contributed by atoms with van der Waals surface area (Å²) in [4.78, 5) is 0. The first-order valence-electron chi connectivity index (χ1n) is 5.45. The molecule has 78 valence electrons. The summed E-state index contributed by atoms with van der Waals surface area (Å²) in [6.45, 7) is 7.52. The van der Waals surface area contributed by atoms with Crippen LogP contribution in [-0.4, -0.2) is 16.3 Å². The lowest BCUT2D eigenvalue weighted by Gasteiger charge is -2.10. The van der Waals surface area contributed by atoms with E-state index in [2.05, 4.69) is 30.3 Å². The first-order chi connectivity index (χ1) is 6.73. The molecule has 0 spiro atoms. The van der Waals surface area contributed by atoms with E-state index in [1.165, 1.54) is 18.5 Å². The van der Waals surface area contributed by atoms with Gasteiger partial charge in [-0.2, -0.15) is 5.10 Å². The number of hydrogen-bond acceptors (Lipinski definition) is 2. The van der Waals surface area contributed by atoms with Crippen LogP contribution in [0.5, 0.6) is 0 Å². The van der Waals surface area contributed by atoms with Crippen LogP contribution in [-0.2, 0) is 13.1 Å². The quantitative estimate of drug-likeness (QED) is 0.772. The van der Waals surface area contributed by atoms with Crippen molar-refractivity contribution >= 4 is 0 Å². The van der Waals surface area contributed by atoms with Gasteiger partial charge in [0.25, 0.3) is 0 Å². The zero-order valence-electron chi connectivity index (χ0n) is 9.08. The number of nitrogens with one attached hydrogen (secondary N) is 1. The van der Waals surface area contributed by atoms with Crippen LogP contribution in [0.1, 0.15) is 32.4 Å². The van der Waals surface area contributed by atoms with E-state index in [0.29, 0.717) is 5.41 Å². The van der Waals surface area contributed by atoms with Crippen molar-refractivity contribution in [3.05, 3.63) is 18.0 Å². The second kappa shape index (κ2) is 3.73. The molecule has 2 rings (SSSR count). The number of nitrogens with zero attached hydrogens (tertiary/aromatic N) is 2. The molecule has 1 aliphatic carbocycles. The monoisotopic (exact) mass is 193 g/mol. The molecule has 0 aliphatic heterocycles. The third kappa shape index (κ3) is 2.15. The molecule has 3 nitrogen and oxygen atoms in total. The minimum Gasteiger partial charge on any atom is -0.311 e. The molecule has 1 aromatic heterocycles. The molecule has 0 unspecified atom stereocenters. The van der Waals surface area contributed by atoms with Crippen molar-refractivity contribution in [1.29, 1.82) is 0 Å². The molecule has 1 heterocycles. The van der Waals surface area contributed by atoms with Gasteiger partial charge in [-0.15, -0.1) is 0 Å². The Morgan fingerprint density at radius 1 is 1.57 bits per heavy atom. The van der Waals surface area contributed by atoms with E-state index in [0.717, 1.165) is 19.6 Å². The maximum absolute atomic E-state index is 4.24. The molecule has 1 N–H and O–H groups in total. The maximum Gasteiger partial charge on any atom is 0.0521 e. The maximum atomic E-state index is 4.24. The van der Waals surface area contributed by atoms with Crippen molar-refractivity contribution in [3.8, 4) is 0 Å². The molecule has 0 bridgehead atoms. The van der Waals surface area contributed by atoms with Gasteiger partial charge in [0.15, 0.2) is 0 Å². The fourth-order valence-corrected chi connectivity index (χ4v) is 1.68. The summed E-state index contributed by atoms with van der Waals surface area (Å²) in [6, 6.07) is 2.09. The first-order valence-corrected chi connectivity index (χ1v) is 5.45. The number of rotatable bonds is 5. The van der Waals surface area contributed by atoms with Gasteiger partial charge in [0.2, 0.25) is 0 Å². The van der Waals surface area contributed by atoms with E-state index in [1.807, 2.05) is 10.9 Å². The summed E-state index contributed by atoms with van der Waals surface area (Å²) in [5.74, 6) is 0. The summed E-state index contributed by atoms with van der Waals surface area (Å²) < 4.78 is 2.04. The highest BCUT2D eigenvalue weighted by molar-refractivity contribution is 5.00. The number of aryl methyl sites for hydroxylation is 1. The summed E-state index contributed by atoms with van der Waals surface area (Å²) in [5, 5.41) is 7.75. The van der Waals surface area contributed by atoms with Crippen molar-refractivity contribution in [3.63, 3.8) is 0 Å². The third-order valence-electron chi connectivity index (χ3n) is 3.07. The fraction of sp³-hybridized carbons (Fsp3) is 0.727. The van der Waals surface area contributed by atoms with Gasteiger partial charge in [-0.3, -0.25) is 4.68 Å². The largest absolute Gasteiger partial charge is 0.311 e. The Bertz CT molecular complexity index is 299. The summed E-state index contributed by atoms with van der Waals surface area (Å²) in [5.41, 5.74) is 1.88. The summed E-state index contributed by atoms with van der Waals surface area (Å²) in [7, 11) is 0. The Morgan fingerprint density at radius 3 is 3.00 bits per heavy atom. The molecule has 0 atom stereocenters. The van der Waals surface area contributed by atoms with Gasteiger partial charge in [-0.25, -0.2) is 0 Å². The van der Waals surface area contributed by atoms with Crippen LogP contribution in [0.15, 0.2) is 12.3 Å². The van der Waals surface area contributed by atoms with Gasteiger partial charge in [0.1, 0.15) is 0 Å². The average Bonchev–Trinajstić information content (AvgIpc) is 2.75. The Hall–Kier alpha value is -0.830. The van der Waals surface area contributed by atoms with Crippen LogP contribution in [0.3, 0.4) is 0 Å². The minimum absolute atomic E-state index is 0.594. The predicted octanol–water partition coefficient (Wildman–Crippen LogP) is 1.79. The molecule has 0 aromatic carbocycles.